The van der Waals surface area contributed by atoms with Crippen molar-refractivity contribution in [2.45, 2.75) is 71.9 Å². The smallest absolute Gasteiger partial charge is 0.410 e. The summed E-state index contributed by atoms with van der Waals surface area (Å²) in [7, 11) is -0.832. The summed E-state index contributed by atoms with van der Waals surface area (Å²) in [4.78, 5) is 33.5. The summed E-state index contributed by atoms with van der Waals surface area (Å²) in [6.07, 6.45) is 13.3. The Kier molecular flexibility index (Phi) is 22.1. The third-order valence-electron chi connectivity index (χ3n) is 15.0. The summed E-state index contributed by atoms with van der Waals surface area (Å²) in [5.74, 6) is 2.10. The lowest BCUT2D eigenvalue weighted by atomic mass is 9.93. The van der Waals surface area contributed by atoms with Crippen LogP contribution < -0.4 is 40.3 Å². The first-order valence-electron chi connectivity index (χ1n) is 29.5. The van der Waals surface area contributed by atoms with Crippen LogP contribution in [-0.4, -0.2) is 79.5 Å². The molecule has 0 radical (unpaired) electrons. The van der Waals surface area contributed by atoms with Crippen molar-refractivity contribution in [3.8, 4) is 45.3 Å². The number of aromatic nitrogens is 2. The Balaban J connectivity index is 0.000000178. The number of carbonyl (C=O) groups excluding carboxylic acids is 2. The standard InChI is InChI=1S/C30H35N5O6S.C30H28N2O2.C12H9NO.CH4/c1-30(2,3)41-29(36)34-16-15-22-17-27(40-19-21-11-7-5-8-12-21)26(39-4)18-24(22)25(34)20-42(37,38)28-31-32-33-35(28)23-13-9-6-10-14-23;1-33-29-19-27-25(18-30(29)34-21-23-6-3-2-4-7-23)15-17-32-28(27)14-11-22-9-12-24(13-10-22)26-8-5-16-31-20-26;14-9-10-3-5-11(6-4-10)12-2-1-7-13-8-12;/h5-14,17-18,25,32-33H,15-16,19-20H2,1-4H3;2-14,16,18-20,28,32H,15,17,21H2,1H3;1-9H;1H4/b;14-11+;;. The molecule has 0 saturated carbocycles. The van der Waals surface area contributed by atoms with Crippen molar-refractivity contribution in [2.24, 2.45) is 5.10 Å². The predicted octanol–water partition coefficient (Wildman–Crippen LogP) is 13.8. The van der Waals surface area contributed by atoms with Gasteiger partial charge >= 0.3 is 6.09 Å². The third-order valence-corrected chi connectivity index (χ3v) is 16.6. The quantitative estimate of drug-likeness (QED) is 0.0773. The molecule has 0 fully saturated rings. The monoisotopic (exact) mass is 1240 g/mol. The topological polar surface area (TPSA) is 195 Å². The molecule has 0 aliphatic carbocycles. The molecule has 2 unspecified atom stereocenters. The number of benzene rings is 7. The van der Waals surface area contributed by atoms with Crippen LogP contribution in [0.4, 0.5) is 10.5 Å². The van der Waals surface area contributed by atoms with Gasteiger partial charge in [-0.25, -0.2) is 23.8 Å². The average molecular weight is 1240 g/mol. The summed E-state index contributed by atoms with van der Waals surface area (Å²) in [6, 6.07) is 60.0. The molecule has 468 valence electrons. The number of rotatable bonds is 16. The summed E-state index contributed by atoms with van der Waals surface area (Å²) in [5, 5.41) is 8.80. The number of methoxy groups -OCH3 is 2. The zero-order valence-corrected chi connectivity index (χ0v) is 51.7. The van der Waals surface area contributed by atoms with Gasteiger partial charge in [0.15, 0.2) is 23.0 Å². The molecule has 17 nitrogen and oxygen atoms in total. The Morgan fingerprint density at radius 3 is 1.67 bits per heavy atom. The Hall–Kier alpha value is -10.1. The van der Waals surface area contributed by atoms with Crippen molar-refractivity contribution in [3.05, 3.63) is 263 Å². The van der Waals surface area contributed by atoms with Crippen molar-refractivity contribution in [3.63, 3.8) is 0 Å². The minimum atomic E-state index is -4.06. The number of hydrazine groups is 2. The van der Waals surface area contributed by atoms with Crippen LogP contribution in [0.2, 0.25) is 0 Å². The number of nitrogens with zero attached hydrogens (tertiary/aromatic N) is 5. The van der Waals surface area contributed by atoms with Crippen molar-refractivity contribution in [1.82, 2.24) is 31.3 Å². The molecule has 7 aromatic carbocycles. The van der Waals surface area contributed by atoms with Crippen molar-refractivity contribution >= 4 is 39.1 Å². The van der Waals surface area contributed by atoms with E-state index in [1.807, 2.05) is 97.2 Å². The highest BCUT2D eigenvalue weighted by Gasteiger charge is 2.41. The van der Waals surface area contributed by atoms with E-state index < -0.39 is 33.3 Å². The van der Waals surface area contributed by atoms with E-state index in [4.69, 9.17) is 23.7 Å². The molecule has 9 aromatic rings. The fourth-order valence-corrected chi connectivity index (χ4v) is 12.0. The Bertz CT molecular complexity index is 4010. The van der Waals surface area contributed by atoms with Crippen LogP contribution in [0.1, 0.15) is 89.6 Å². The molecule has 0 spiro atoms. The third kappa shape index (κ3) is 17.2. The second-order valence-electron chi connectivity index (χ2n) is 22.3. The SMILES string of the molecule is C.COc1cc2c(cc1OCc1ccccc1)CCN(C(=O)OC(C)(C)C)C2CS(=O)(=O)C1=NNNN1c1ccccc1.COc1cc2c(cc1OCc1ccccc1)CCNC2/C=C/c1ccc(-c2cccnc2)cc1.O=Cc1ccc(-c2cccnc2)cc1. The van der Waals surface area contributed by atoms with E-state index in [-0.39, 0.29) is 25.2 Å². The van der Waals surface area contributed by atoms with Crippen LogP contribution in [0.3, 0.4) is 0 Å². The van der Waals surface area contributed by atoms with Crippen LogP contribution in [0.5, 0.6) is 23.0 Å². The maximum absolute atomic E-state index is 13.9. The molecule has 1 amide bonds. The highest BCUT2D eigenvalue weighted by atomic mass is 32.2. The van der Waals surface area contributed by atoms with E-state index in [0.29, 0.717) is 47.9 Å². The fraction of sp³-hybridized carbons (Fsp3) is 0.219. The van der Waals surface area contributed by atoms with Gasteiger partial charge in [0.2, 0.25) is 9.84 Å². The molecule has 0 bridgehead atoms. The zero-order valence-electron chi connectivity index (χ0n) is 50.9. The first kappa shape index (κ1) is 65.3. The second kappa shape index (κ2) is 30.9. The number of hydrogen-bond acceptors (Lipinski definition) is 16. The Labute approximate surface area is 533 Å². The van der Waals surface area contributed by atoms with Crippen LogP contribution in [0.15, 0.2) is 224 Å². The van der Waals surface area contributed by atoms with Gasteiger partial charge < -0.3 is 29.0 Å². The van der Waals surface area contributed by atoms with Gasteiger partial charge in [0, 0.05) is 43.4 Å². The summed E-state index contributed by atoms with van der Waals surface area (Å²) < 4.78 is 57.2. The van der Waals surface area contributed by atoms with E-state index >= 15 is 0 Å². The predicted molar refractivity (Wildman–Crippen MR) is 358 cm³/mol. The van der Waals surface area contributed by atoms with Crippen molar-refractivity contribution in [2.75, 3.05) is 38.1 Å². The van der Waals surface area contributed by atoms with Crippen molar-refractivity contribution < 1.29 is 41.7 Å². The highest BCUT2D eigenvalue weighted by Crippen LogP contribution is 2.41. The van der Waals surface area contributed by atoms with Gasteiger partial charge in [0.1, 0.15) is 25.1 Å². The lowest BCUT2D eigenvalue weighted by molar-refractivity contribution is 0.0162. The number of pyridine rings is 2. The van der Waals surface area contributed by atoms with Crippen LogP contribution in [-0.2, 0) is 40.6 Å². The lowest BCUT2D eigenvalue weighted by Gasteiger charge is -2.38. The molecule has 2 aromatic heterocycles. The van der Waals surface area contributed by atoms with Crippen LogP contribution in [0.25, 0.3) is 28.3 Å². The van der Waals surface area contributed by atoms with E-state index in [2.05, 4.69) is 98.2 Å². The zero-order chi connectivity index (χ0) is 62.9. The summed E-state index contributed by atoms with van der Waals surface area (Å²) in [6.45, 7) is 7.37. The summed E-state index contributed by atoms with van der Waals surface area (Å²) in [5.41, 5.74) is 17.6. The number of hydrogen-bond donors (Lipinski definition) is 3. The molecule has 2 atom stereocenters. The molecule has 3 aliphatic heterocycles. The number of ether oxygens (including phenoxy) is 5. The van der Waals surface area contributed by atoms with E-state index in [1.165, 1.54) is 33.7 Å². The number of anilines is 1. The lowest BCUT2D eigenvalue weighted by Crippen LogP contribution is -2.48. The maximum atomic E-state index is 13.9. The molecule has 91 heavy (non-hydrogen) atoms. The number of hydrazone groups is 1. The normalized spacial score (nSPS) is 14.9. The van der Waals surface area contributed by atoms with Crippen molar-refractivity contribution in [1.29, 1.82) is 0 Å². The van der Waals surface area contributed by atoms with Gasteiger partial charge in [-0.1, -0.05) is 159 Å². The molecular formula is C73H76N8O9S. The fourth-order valence-electron chi connectivity index (χ4n) is 10.5. The van der Waals surface area contributed by atoms with E-state index in [0.717, 1.165) is 69.7 Å². The number of fused-ring (bicyclic) bond motifs is 2. The molecule has 12 rings (SSSR count). The number of nitrogens with one attached hydrogen (secondary N) is 3. The van der Waals surface area contributed by atoms with Crippen LogP contribution >= 0.6 is 0 Å². The van der Waals surface area contributed by atoms with Gasteiger partial charge in [-0.15, -0.1) is 10.6 Å². The summed E-state index contributed by atoms with van der Waals surface area (Å²) >= 11 is 0. The minimum absolute atomic E-state index is 0. The largest absolute Gasteiger partial charge is 0.493 e. The first-order chi connectivity index (χ1) is 43.7. The highest BCUT2D eigenvalue weighted by molar-refractivity contribution is 8.06. The number of sulfone groups is 1. The number of para-hydroxylation sites is 1. The molecule has 5 heterocycles. The van der Waals surface area contributed by atoms with Gasteiger partial charge in [-0.3, -0.25) is 19.7 Å². The molecule has 0 saturated heterocycles. The number of carbonyl (C=O) groups is 2. The Morgan fingerprint density at radius 2 is 1.15 bits per heavy atom. The minimum Gasteiger partial charge on any atom is -0.493 e. The molecule has 3 aliphatic rings. The molecule has 3 N–H and O–H groups in total. The Morgan fingerprint density at radius 1 is 0.626 bits per heavy atom. The second-order valence-corrected chi connectivity index (χ2v) is 24.3. The molecular weight excluding hydrogens is 1160 g/mol. The van der Waals surface area contributed by atoms with Gasteiger partial charge in [0.25, 0.3) is 5.17 Å². The van der Waals surface area contributed by atoms with Gasteiger partial charge in [-0.2, -0.15) is 0 Å². The van der Waals surface area contributed by atoms with Gasteiger partial charge in [-0.05, 0) is 143 Å². The van der Waals surface area contributed by atoms with E-state index in [9.17, 15) is 18.0 Å². The first-order valence-corrected chi connectivity index (χ1v) is 31.2. The maximum Gasteiger partial charge on any atom is 0.410 e. The number of amidine groups is 1. The van der Waals surface area contributed by atoms with Crippen LogP contribution in [0, 0.1) is 0 Å². The van der Waals surface area contributed by atoms with E-state index in [1.54, 1.807) is 88.9 Å². The molecule has 18 heteroatoms. The van der Waals surface area contributed by atoms with Gasteiger partial charge in [0.05, 0.1) is 37.7 Å². The number of aldehydes is 1. The average Bonchev–Trinajstić information content (AvgIpc) is 1.57. The number of amides is 1.